The van der Waals surface area contributed by atoms with Gasteiger partial charge < -0.3 is 10.4 Å². The van der Waals surface area contributed by atoms with E-state index in [1.54, 1.807) is 11.3 Å². The van der Waals surface area contributed by atoms with E-state index >= 15 is 0 Å². The number of aliphatic hydroxyl groups is 1. The van der Waals surface area contributed by atoms with Crippen LogP contribution in [0.4, 0.5) is 0 Å². The summed E-state index contributed by atoms with van der Waals surface area (Å²) in [6.07, 6.45) is 0.873. The van der Waals surface area contributed by atoms with E-state index < -0.39 is 0 Å². The van der Waals surface area contributed by atoms with Crippen LogP contribution in [-0.2, 0) is 0 Å². The summed E-state index contributed by atoms with van der Waals surface area (Å²) in [5.74, 6) is 1.18. The maximum Gasteiger partial charge on any atom is 0.0922 e. The summed E-state index contributed by atoms with van der Waals surface area (Å²) in [5, 5.41) is 18.1. The molecule has 2 nitrogen and oxygen atoms in total. The molecule has 84 valence electrons. The van der Waals surface area contributed by atoms with Crippen LogP contribution in [0, 0.1) is 0 Å². The first-order valence-corrected chi connectivity index (χ1v) is 7.30. The van der Waals surface area contributed by atoms with Crippen molar-refractivity contribution in [3.8, 4) is 0 Å². The Hall–Kier alpha value is -0.0300. The summed E-state index contributed by atoms with van der Waals surface area (Å²) >= 11 is 3.65. The van der Waals surface area contributed by atoms with Crippen LogP contribution in [-0.4, -0.2) is 28.7 Å². The van der Waals surface area contributed by atoms with Crippen LogP contribution in [0.1, 0.15) is 25.0 Å². The fourth-order valence-electron chi connectivity index (χ4n) is 1.82. The number of thiophene rings is 1. The molecular weight excluding hydrogens is 226 g/mol. The Morgan fingerprint density at radius 3 is 3.13 bits per heavy atom. The monoisotopic (exact) mass is 243 g/mol. The molecule has 0 aliphatic carbocycles. The van der Waals surface area contributed by atoms with Gasteiger partial charge in [-0.25, -0.2) is 0 Å². The average Bonchev–Trinajstić information content (AvgIpc) is 2.84. The summed E-state index contributed by atoms with van der Waals surface area (Å²) in [6.45, 7) is 2.94. The molecule has 1 saturated heterocycles. The fraction of sp³-hybridized carbons (Fsp3) is 0.636. The molecule has 4 heteroatoms. The molecule has 3 atom stereocenters. The summed E-state index contributed by atoms with van der Waals surface area (Å²) in [6, 6.07) is 2.57. The summed E-state index contributed by atoms with van der Waals surface area (Å²) in [7, 11) is 0. The smallest absolute Gasteiger partial charge is 0.0922 e. The second-order valence-electron chi connectivity index (χ2n) is 4.06. The van der Waals surface area contributed by atoms with Crippen molar-refractivity contribution < 1.29 is 5.11 Å². The van der Waals surface area contributed by atoms with Crippen LogP contribution >= 0.6 is 23.1 Å². The summed E-state index contributed by atoms with van der Waals surface area (Å²) in [4.78, 5) is 0. The standard InChI is InChI=1S/C11H17NOS2/c1-8-4-10(7-15-8)12-5-11(13)9-2-3-14-6-9/h2-3,6,8,10-13H,4-5,7H2,1H3. The highest BCUT2D eigenvalue weighted by Gasteiger charge is 2.22. The van der Waals surface area contributed by atoms with Crippen molar-refractivity contribution >= 4 is 23.1 Å². The van der Waals surface area contributed by atoms with Crippen molar-refractivity contribution in [2.75, 3.05) is 12.3 Å². The molecule has 0 bridgehead atoms. The van der Waals surface area contributed by atoms with Crippen LogP contribution in [0.3, 0.4) is 0 Å². The highest BCUT2D eigenvalue weighted by atomic mass is 32.2. The number of hydrogen-bond donors (Lipinski definition) is 2. The molecule has 0 radical (unpaired) electrons. The molecule has 15 heavy (non-hydrogen) atoms. The van der Waals surface area contributed by atoms with E-state index in [0.29, 0.717) is 12.6 Å². The third-order valence-corrected chi connectivity index (χ3v) is 4.78. The maximum atomic E-state index is 9.87. The highest BCUT2D eigenvalue weighted by Crippen LogP contribution is 2.26. The molecule has 1 aliphatic heterocycles. The van der Waals surface area contributed by atoms with Crippen molar-refractivity contribution in [1.29, 1.82) is 0 Å². The van der Waals surface area contributed by atoms with Crippen molar-refractivity contribution in [2.45, 2.75) is 30.7 Å². The number of thioether (sulfide) groups is 1. The minimum Gasteiger partial charge on any atom is -0.387 e. The molecule has 0 spiro atoms. The molecule has 0 aromatic carbocycles. The Kier molecular flexibility index (Phi) is 4.08. The van der Waals surface area contributed by atoms with Crippen LogP contribution in [0.15, 0.2) is 16.8 Å². The Bertz CT molecular complexity index is 289. The summed E-state index contributed by atoms with van der Waals surface area (Å²) < 4.78 is 0. The highest BCUT2D eigenvalue weighted by molar-refractivity contribution is 8.00. The zero-order valence-electron chi connectivity index (χ0n) is 8.85. The SMILES string of the molecule is CC1CC(NCC(O)c2ccsc2)CS1. The van der Waals surface area contributed by atoms with Crippen molar-refractivity contribution in [1.82, 2.24) is 5.32 Å². The second-order valence-corrected chi connectivity index (χ2v) is 6.31. The lowest BCUT2D eigenvalue weighted by atomic mass is 10.1. The Labute approximate surface area is 99.1 Å². The first kappa shape index (κ1) is 11.5. The molecular formula is C11H17NOS2. The lowest BCUT2D eigenvalue weighted by molar-refractivity contribution is 0.171. The van der Waals surface area contributed by atoms with Crippen molar-refractivity contribution in [3.63, 3.8) is 0 Å². The van der Waals surface area contributed by atoms with Crippen LogP contribution in [0.25, 0.3) is 0 Å². The van der Waals surface area contributed by atoms with Gasteiger partial charge in [0.25, 0.3) is 0 Å². The van der Waals surface area contributed by atoms with E-state index in [0.717, 1.165) is 10.8 Å². The number of rotatable bonds is 4. The van der Waals surface area contributed by atoms with Gasteiger partial charge in [0.15, 0.2) is 0 Å². The molecule has 1 aromatic heterocycles. The molecule has 2 rings (SSSR count). The van der Waals surface area contributed by atoms with Crippen LogP contribution < -0.4 is 5.32 Å². The van der Waals surface area contributed by atoms with Gasteiger partial charge in [0, 0.05) is 23.6 Å². The predicted molar refractivity (Wildman–Crippen MR) is 67.6 cm³/mol. The van der Waals surface area contributed by atoms with Crippen molar-refractivity contribution in [2.24, 2.45) is 0 Å². The van der Waals surface area contributed by atoms with Gasteiger partial charge in [-0.2, -0.15) is 23.1 Å². The molecule has 0 amide bonds. The fourth-order valence-corrected chi connectivity index (χ4v) is 3.71. The van der Waals surface area contributed by atoms with E-state index in [1.165, 1.54) is 12.2 Å². The molecule has 2 N–H and O–H groups in total. The number of nitrogens with one attached hydrogen (secondary N) is 1. The molecule has 2 heterocycles. The Morgan fingerprint density at radius 1 is 1.67 bits per heavy atom. The predicted octanol–water partition coefficient (Wildman–Crippen LogP) is 2.27. The van der Waals surface area contributed by atoms with Gasteiger partial charge in [-0.15, -0.1) is 0 Å². The van der Waals surface area contributed by atoms with Gasteiger partial charge in [-0.05, 0) is 28.8 Å². The molecule has 1 aromatic rings. The molecule has 1 aliphatic rings. The van der Waals surface area contributed by atoms with Crippen molar-refractivity contribution in [3.05, 3.63) is 22.4 Å². The minimum absolute atomic E-state index is 0.350. The van der Waals surface area contributed by atoms with Gasteiger partial charge in [0.05, 0.1) is 6.10 Å². The minimum atomic E-state index is -0.350. The zero-order chi connectivity index (χ0) is 10.7. The topological polar surface area (TPSA) is 32.3 Å². The van der Waals surface area contributed by atoms with E-state index in [2.05, 4.69) is 12.2 Å². The first-order valence-electron chi connectivity index (χ1n) is 5.31. The number of aliphatic hydroxyl groups excluding tert-OH is 1. The Balaban J connectivity index is 1.74. The van der Waals surface area contributed by atoms with E-state index in [1.807, 2.05) is 28.6 Å². The maximum absolute atomic E-state index is 9.87. The molecule has 1 fully saturated rings. The van der Waals surface area contributed by atoms with Gasteiger partial charge in [-0.1, -0.05) is 6.92 Å². The third kappa shape index (κ3) is 3.21. The van der Waals surface area contributed by atoms with Gasteiger partial charge in [-0.3, -0.25) is 0 Å². The van der Waals surface area contributed by atoms with Gasteiger partial charge >= 0.3 is 0 Å². The number of hydrogen-bond acceptors (Lipinski definition) is 4. The van der Waals surface area contributed by atoms with Crippen LogP contribution in [0.5, 0.6) is 0 Å². The molecule has 0 saturated carbocycles. The lowest BCUT2D eigenvalue weighted by Gasteiger charge is -2.15. The lowest BCUT2D eigenvalue weighted by Crippen LogP contribution is -2.32. The van der Waals surface area contributed by atoms with Gasteiger partial charge in [0.2, 0.25) is 0 Å². The van der Waals surface area contributed by atoms with E-state index in [-0.39, 0.29) is 6.10 Å². The Morgan fingerprint density at radius 2 is 2.53 bits per heavy atom. The first-order chi connectivity index (χ1) is 7.25. The average molecular weight is 243 g/mol. The summed E-state index contributed by atoms with van der Waals surface area (Å²) in [5.41, 5.74) is 1.03. The van der Waals surface area contributed by atoms with Crippen LogP contribution in [0.2, 0.25) is 0 Å². The quantitative estimate of drug-likeness (QED) is 0.851. The normalized spacial score (nSPS) is 28.1. The molecule has 3 unspecified atom stereocenters. The zero-order valence-corrected chi connectivity index (χ0v) is 10.5. The second kappa shape index (κ2) is 5.34. The van der Waals surface area contributed by atoms with Gasteiger partial charge in [0.1, 0.15) is 0 Å². The van der Waals surface area contributed by atoms with E-state index in [9.17, 15) is 5.11 Å². The van der Waals surface area contributed by atoms with E-state index in [4.69, 9.17) is 0 Å². The largest absolute Gasteiger partial charge is 0.387 e. The third-order valence-electron chi connectivity index (χ3n) is 2.73.